The minimum absolute atomic E-state index is 0.360. The molecule has 0 heterocycles. The smallest absolute Gasteiger partial charge is 0.336 e. The van der Waals surface area contributed by atoms with E-state index < -0.39 is 24.5 Å². The third-order valence-corrected chi connectivity index (χ3v) is 3.16. The van der Waals surface area contributed by atoms with Crippen LogP contribution in [0.2, 0.25) is 0 Å². The SMILES string of the molecule is C=C(C)C(=O)OC(C)Oc1ccccc1.C=CC(=O)OC(C)Oc1ccccc1. The molecule has 2 rings (SSSR count). The highest BCUT2D eigenvalue weighted by Crippen LogP contribution is 2.12. The number of rotatable bonds is 8. The molecule has 0 radical (unpaired) electrons. The van der Waals surface area contributed by atoms with Gasteiger partial charge >= 0.3 is 11.9 Å². The van der Waals surface area contributed by atoms with Gasteiger partial charge in [-0.25, -0.2) is 9.59 Å². The van der Waals surface area contributed by atoms with Gasteiger partial charge in [0, 0.05) is 25.5 Å². The largest absolute Gasteiger partial charge is 0.455 e. The Kier molecular flexibility index (Phi) is 10.4. The zero-order valence-corrected chi connectivity index (χ0v) is 16.9. The van der Waals surface area contributed by atoms with Crippen LogP contribution in [0.1, 0.15) is 20.8 Å². The summed E-state index contributed by atoms with van der Waals surface area (Å²) >= 11 is 0. The highest BCUT2D eigenvalue weighted by Gasteiger charge is 2.10. The molecule has 2 unspecified atom stereocenters. The fourth-order valence-corrected chi connectivity index (χ4v) is 1.89. The molecule has 6 heteroatoms. The Balaban J connectivity index is 0.000000291. The van der Waals surface area contributed by atoms with E-state index in [1.165, 1.54) is 0 Å². The van der Waals surface area contributed by atoms with E-state index in [0.717, 1.165) is 6.08 Å². The fraction of sp³-hybridized carbons (Fsp3) is 0.217. The van der Waals surface area contributed by atoms with E-state index in [1.54, 1.807) is 45.0 Å². The number of hydrogen-bond donors (Lipinski definition) is 0. The molecule has 6 nitrogen and oxygen atoms in total. The molecule has 0 aliphatic carbocycles. The molecule has 0 aliphatic rings. The number of carbonyl (C=O) groups excluding carboxylic acids is 2. The number of esters is 2. The topological polar surface area (TPSA) is 71.1 Å². The zero-order valence-electron chi connectivity index (χ0n) is 16.9. The normalized spacial score (nSPS) is 11.6. The van der Waals surface area contributed by atoms with Gasteiger partial charge in [-0.2, -0.15) is 0 Å². The highest BCUT2D eigenvalue weighted by molar-refractivity contribution is 5.87. The summed E-state index contributed by atoms with van der Waals surface area (Å²) in [6.07, 6.45) is -0.121. The first-order chi connectivity index (χ1) is 13.8. The Morgan fingerprint density at radius 2 is 1.24 bits per heavy atom. The first-order valence-electron chi connectivity index (χ1n) is 8.94. The summed E-state index contributed by atoms with van der Waals surface area (Å²) in [6, 6.07) is 18.3. The summed E-state index contributed by atoms with van der Waals surface area (Å²) in [5.41, 5.74) is 0.360. The molecule has 0 aromatic heterocycles. The van der Waals surface area contributed by atoms with Crippen molar-refractivity contribution in [2.45, 2.75) is 33.4 Å². The van der Waals surface area contributed by atoms with Crippen molar-refractivity contribution in [2.24, 2.45) is 0 Å². The van der Waals surface area contributed by atoms with Crippen molar-refractivity contribution >= 4 is 11.9 Å². The fourth-order valence-electron chi connectivity index (χ4n) is 1.89. The third-order valence-electron chi connectivity index (χ3n) is 3.16. The predicted octanol–water partition coefficient (Wildman–Crippen LogP) is 4.67. The van der Waals surface area contributed by atoms with Crippen molar-refractivity contribution in [3.63, 3.8) is 0 Å². The molecule has 0 amide bonds. The molecule has 0 saturated carbocycles. The van der Waals surface area contributed by atoms with Crippen LogP contribution in [-0.2, 0) is 19.1 Å². The molecule has 2 aromatic carbocycles. The average molecular weight is 398 g/mol. The van der Waals surface area contributed by atoms with Gasteiger partial charge in [-0.05, 0) is 31.2 Å². The molecule has 0 bridgehead atoms. The van der Waals surface area contributed by atoms with E-state index in [1.807, 2.05) is 36.4 Å². The Hall–Kier alpha value is -3.54. The maximum absolute atomic E-state index is 11.1. The predicted molar refractivity (Wildman–Crippen MR) is 110 cm³/mol. The van der Waals surface area contributed by atoms with Crippen LogP contribution < -0.4 is 9.47 Å². The number of para-hydroxylation sites is 2. The number of carbonyl (C=O) groups is 2. The lowest BCUT2D eigenvalue weighted by Gasteiger charge is -2.14. The first kappa shape index (κ1) is 23.5. The van der Waals surface area contributed by atoms with E-state index in [-0.39, 0.29) is 0 Å². The van der Waals surface area contributed by atoms with Gasteiger partial charge in [0.05, 0.1) is 0 Å². The molecular weight excluding hydrogens is 372 g/mol. The number of benzene rings is 2. The quantitative estimate of drug-likeness (QED) is 0.366. The molecule has 0 aliphatic heterocycles. The van der Waals surface area contributed by atoms with E-state index in [4.69, 9.17) is 18.9 Å². The summed E-state index contributed by atoms with van der Waals surface area (Å²) in [6.45, 7) is 11.7. The molecule has 0 fully saturated rings. The van der Waals surface area contributed by atoms with Crippen LogP contribution in [0.5, 0.6) is 11.5 Å². The van der Waals surface area contributed by atoms with Crippen LogP contribution >= 0.6 is 0 Å². The van der Waals surface area contributed by atoms with E-state index in [2.05, 4.69) is 13.2 Å². The highest BCUT2D eigenvalue weighted by atomic mass is 16.7. The summed E-state index contributed by atoms with van der Waals surface area (Å²) in [5.74, 6) is 0.392. The molecule has 0 saturated heterocycles. The van der Waals surface area contributed by atoms with Gasteiger partial charge in [0.1, 0.15) is 11.5 Å². The van der Waals surface area contributed by atoms with Crippen LogP contribution in [0, 0.1) is 0 Å². The minimum atomic E-state index is -0.614. The van der Waals surface area contributed by atoms with Crippen LogP contribution in [0.25, 0.3) is 0 Å². The van der Waals surface area contributed by atoms with Crippen LogP contribution in [0.3, 0.4) is 0 Å². The lowest BCUT2D eigenvalue weighted by atomic mass is 10.3. The summed E-state index contributed by atoms with van der Waals surface area (Å²) in [7, 11) is 0. The van der Waals surface area contributed by atoms with Gasteiger partial charge < -0.3 is 18.9 Å². The number of ether oxygens (including phenoxy) is 4. The summed E-state index contributed by atoms with van der Waals surface area (Å²) in [5, 5.41) is 0. The summed E-state index contributed by atoms with van der Waals surface area (Å²) in [4.78, 5) is 21.9. The van der Waals surface area contributed by atoms with Gasteiger partial charge in [0.2, 0.25) is 12.6 Å². The third kappa shape index (κ3) is 10.4. The molecule has 0 spiro atoms. The van der Waals surface area contributed by atoms with Gasteiger partial charge in [-0.1, -0.05) is 49.6 Å². The van der Waals surface area contributed by atoms with E-state index in [0.29, 0.717) is 17.1 Å². The van der Waals surface area contributed by atoms with E-state index >= 15 is 0 Å². The second kappa shape index (κ2) is 12.8. The lowest BCUT2D eigenvalue weighted by Crippen LogP contribution is -2.21. The van der Waals surface area contributed by atoms with Gasteiger partial charge in [0.15, 0.2) is 0 Å². The average Bonchev–Trinajstić information content (AvgIpc) is 2.69. The van der Waals surface area contributed by atoms with Crippen molar-refractivity contribution in [2.75, 3.05) is 0 Å². The van der Waals surface area contributed by atoms with Gasteiger partial charge in [0.25, 0.3) is 0 Å². The Labute approximate surface area is 171 Å². The molecule has 2 aromatic rings. The Morgan fingerprint density at radius 1 is 0.828 bits per heavy atom. The van der Waals surface area contributed by atoms with Crippen molar-refractivity contribution < 1.29 is 28.5 Å². The number of hydrogen-bond acceptors (Lipinski definition) is 6. The van der Waals surface area contributed by atoms with Gasteiger partial charge in [-0.3, -0.25) is 0 Å². The monoisotopic (exact) mass is 398 g/mol. The van der Waals surface area contributed by atoms with Crippen molar-refractivity contribution in [3.05, 3.63) is 85.5 Å². The van der Waals surface area contributed by atoms with Crippen LogP contribution in [0.4, 0.5) is 0 Å². The lowest BCUT2D eigenvalue weighted by molar-refractivity contribution is -0.156. The minimum Gasteiger partial charge on any atom is -0.455 e. The standard InChI is InChI=1S/C12H14O3.C11H12O3/c1-9(2)12(13)15-10(3)14-11-7-5-4-6-8-11;1-3-11(12)14-9(2)13-10-7-5-4-6-8-10/h4-8,10H,1H2,2-3H3;3-9H,1H2,2H3. The maximum Gasteiger partial charge on any atom is 0.336 e. The Morgan fingerprint density at radius 3 is 1.62 bits per heavy atom. The molecule has 154 valence electrons. The molecule has 29 heavy (non-hydrogen) atoms. The van der Waals surface area contributed by atoms with E-state index in [9.17, 15) is 9.59 Å². The van der Waals surface area contributed by atoms with Crippen molar-refractivity contribution in [1.29, 1.82) is 0 Å². The second-order valence-electron chi connectivity index (χ2n) is 5.82. The Bertz CT molecular complexity index is 786. The molecule has 2 atom stereocenters. The van der Waals surface area contributed by atoms with Crippen LogP contribution in [0.15, 0.2) is 85.5 Å². The maximum atomic E-state index is 11.1. The second-order valence-corrected chi connectivity index (χ2v) is 5.82. The summed E-state index contributed by atoms with van der Waals surface area (Å²) < 4.78 is 20.4. The molecule has 0 N–H and O–H groups in total. The van der Waals surface area contributed by atoms with Gasteiger partial charge in [-0.15, -0.1) is 0 Å². The molecular formula is C23H26O6. The van der Waals surface area contributed by atoms with Crippen molar-refractivity contribution in [1.82, 2.24) is 0 Å². The van der Waals surface area contributed by atoms with Crippen LogP contribution in [-0.4, -0.2) is 24.5 Å². The zero-order chi connectivity index (χ0) is 21.6. The van der Waals surface area contributed by atoms with Crippen molar-refractivity contribution in [3.8, 4) is 11.5 Å². The first-order valence-corrected chi connectivity index (χ1v) is 8.94.